The lowest BCUT2D eigenvalue weighted by atomic mass is 9.79. The van der Waals surface area contributed by atoms with Gasteiger partial charge in [-0.15, -0.1) is 0 Å². The van der Waals surface area contributed by atoms with E-state index >= 15 is 0 Å². The highest BCUT2D eigenvalue weighted by Crippen LogP contribution is 2.21. The van der Waals surface area contributed by atoms with E-state index in [1.165, 1.54) is 6.07 Å². The predicted octanol–water partition coefficient (Wildman–Crippen LogP) is 0.274. The normalized spacial score (nSPS) is 9.21. The minimum atomic E-state index is -1.64. The summed E-state index contributed by atoms with van der Waals surface area (Å²) in [4.78, 5) is 8.58. The van der Waals surface area contributed by atoms with Crippen molar-refractivity contribution in [1.29, 1.82) is 0 Å². The molecular weight excluding hydrogens is 248 g/mol. The number of carbonyl (C=O) groups excluding carboxylic acids is 1. The predicted molar refractivity (Wildman–Crippen MR) is 71.9 cm³/mol. The average Bonchev–Trinajstić information content (AvgIpc) is 2.40. The summed E-state index contributed by atoms with van der Waals surface area (Å²) < 4.78 is 13.7. The zero-order chi connectivity index (χ0) is 14.3. The molecule has 2 aromatic rings. The molecular formula is C13H13BFNO3. The lowest BCUT2D eigenvalue weighted by Crippen LogP contribution is -2.29. The quantitative estimate of drug-likeness (QED) is 0.536. The van der Waals surface area contributed by atoms with Gasteiger partial charge in [0.1, 0.15) is 5.82 Å². The van der Waals surface area contributed by atoms with Crippen LogP contribution in [0.15, 0.2) is 48.5 Å². The molecule has 0 saturated heterocycles. The number of benzene rings is 2. The highest BCUT2D eigenvalue weighted by molar-refractivity contribution is 6.58. The van der Waals surface area contributed by atoms with E-state index in [1.807, 2.05) is 18.2 Å². The fraction of sp³-hybridized carbons (Fsp3) is 0. The van der Waals surface area contributed by atoms with Gasteiger partial charge in [-0.05, 0) is 17.1 Å². The third-order valence-electron chi connectivity index (χ3n) is 2.38. The number of hydrogen-bond donors (Lipinski definition) is 3. The average molecular weight is 261 g/mol. The first-order chi connectivity index (χ1) is 9.10. The SMILES string of the molecule is NC=O.OB(O)c1ccc(-c2ccccc2)c(F)c1. The minimum absolute atomic E-state index is 0.150. The fourth-order valence-electron chi connectivity index (χ4n) is 1.54. The van der Waals surface area contributed by atoms with Gasteiger partial charge in [-0.3, -0.25) is 4.79 Å². The highest BCUT2D eigenvalue weighted by Gasteiger charge is 2.13. The number of carbonyl (C=O) groups is 1. The Kier molecular flexibility index (Phi) is 5.72. The summed E-state index contributed by atoms with van der Waals surface area (Å²) >= 11 is 0. The first kappa shape index (κ1) is 14.9. The molecule has 19 heavy (non-hydrogen) atoms. The molecule has 4 N–H and O–H groups in total. The van der Waals surface area contributed by atoms with Gasteiger partial charge >= 0.3 is 7.12 Å². The van der Waals surface area contributed by atoms with E-state index in [0.717, 1.165) is 11.6 Å². The second kappa shape index (κ2) is 7.30. The molecule has 0 radical (unpaired) electrons. The zero-order valence-corrected chi connectivity index (χ0v) is 10.0. The zero-order valence-electron chi connectivity index (χ0n) is 10.0. The maximum absolute atomic E-state index is 13.7. The maximum atomic E-state index is 13.7. The monoisotopic (exact) mass is 261 g/mol. The van der Waals surface area contributed by atoms with E-state index < -0.39 is 12.9 Å². The van der Waals surface area contributed by atoms with Crippen molar-refractivity contribution < 1.29 is 19.2 Å². The van der Waals surface area contributed by atoms with Crippen LogP contribution >= 0.6 is 0 Å². The van der Waals surface area contributed by atoms with Crippen LogP contribution in [0.4, 0.5) is 4.39 Å². The Labute approximate surface area is 110 Å². The Hall–Kier alpha value is -2.18. The van der Waals surface area contributed by atoms with E-state index in [0.29, 0.717) is 5.56 Å². The molecule has 0 fully saturated rings. The Balaban J connectivity index is 0.000000550. The maximum Gasteiger partial charge on any atom is 0.488 e. The molecule has 0 bridgehead atoms. The number of halogens is 1. The third kappa shape index (κ3) is 4.20. The van der Waals surface area contributed by atoms with Crippen LogP contribution < -0.4 is 11.2 Å². The third-order valence-corrected chi connectivity index (χ3v) is 2.38. The molecule has 0 heterocycles. The lowest BCUT2D eigenvalue weighted by molar-refractivity contribution is -0.106. The first-order valence-electron chi connectivity index (χ1n) is 5.46. The van der Waals surface area contributed by atoms with Crippen LogP contribution in [0.1, 0.15) is 0 Å². The van der Waals surface area contributed by atoms with Crippen molar-refractivity contribution in [3.63, 3.8) is 0 Å². The Morgan fingerprint density at radius 2 is 1.68 bits per heavy atom. The second-order valence-corrected chi connectivity index (χ2v) is 3.62. The molecule has 4 nitrogen and oxygen atoms in total. The van der Waals surface area contributed by atoms with Gasteiger partial charge in [-0.25, -0.2) is 4.39 Å². The van der Waals surface area contributed by atoms with Crippen molar-refractivity contribution in [1.82, 2.24) is 0 Å². The highest BCUT2D eigenvalue weighted by atomic mass is 19.1. The van der Waals surface area contributed by atoms with E-state index in [1.54, 1.807) is 18.2 Å². The molecule has 0 spiro atoms. The number of amides is 1. The van der Waals surface area contributed by atoms with Crippen molar-refractivity contribution in [3.05, 3.63) is 54.3 Å². The molecule has 0 aliphatic carbocycles. The molecule has 98 valence electrons. The minimum Gasteiger partial charge on any atom is -0.423 e. The van der Waals surface area contributed by atoms with Crippen molar-refractivity contribution in [2.45, 2.75) is 0 Å². The van der Waals surface area contributed by atoms with Crippen molar-refractivity contribution in [2.75, 3.05) is 0 Å². The number of nitrogens with two attached hydrogens (primary N) is 1. The van der Waals surface area contributed by atoms with Gasteiger partial charge in [0.15, 0.2) is 0 Å². The summed E-state index contributed by atoms with van der Waals surface area (Å²) in [7, 11) is -1.64. The topological polar surface area (TPSA) is 83.6 Å². The molecule has 0 unspecified atom stereocenters. The van der Waals surface area contributed by atoms with Gasteiger partial charge in [0, 0.05) is 5.56 Å². The first-order valence-corrected chi connectivity index (χ1v) is 5.46. The largest absolute Gasteiger partial charge is 0.488 e. The summed E-state index contributed by atoms with van der Waals surface area (Å²) in [5, 5.41) is 17.8. The molecule has 0 atom stereocenters. The number of primary amides is 1. The van der Waals surface area contributed by atoms with E-state index in [2.05, 4.69) is 5.73 Å². The molecule has 0 aromatic heterocycles. The smallest absolute Gasteiger partial charge is 0.423 e. The number of hydrogen-bond acceptors (Lipinski definition) is 3. The van der Waals surface area contributed by atoms with Crippen LogP contribution in [0.5, 0.6) is 0 Å². The summed E-state index contributed by atoms with van der Waals surface area (Å²) in [5.41, 5.74) is 5.53. The van der Waals surface area contributed by atoms with Crippen LogP contribution in [0.25, 0.3) is 11.1 Å². The molecule has 2 aromatic carbocycles. The van der Waals surface area contributed by atoms with Gasteiger partial charge in [-0.1, -0.05) is 42.5 Å². The summed E-state index contributed by atoms with van der Waals surface area (Å²) in [6.07, 6.45) is 0.250. The van der Waals surface area contributed by atoms with Gasteiger partial charge in [0.05, 0.1) is 0 Å². The molecule has 0 aliphatic rings. The Morgan fingerprint density at radius 3 is 2.16 bits per heavy atom. The second-order valence-electron chi connectivity index (χ2n) is 3.62. The van der Waals surface area contributed by atoms with Crippen LogP contribution in [0, 0.1) is 5.82 Å². The van der Waals surface area contributed by atoms with Gasteiger partial charge in [-0.2, -0.15) is 0 Å². The number of rotatable bonds is 2. The van der Waals surface area contributed by atoms with Crippen LogP contribution in [-0.2, 0) is 4.79 Å². The Morgan fingerprint density at radius 1 is 1.11 bits per heavy atom. The summed E-state index contributed by atoms with van der Waals surface area (Å²) in [5.74, 6) is -0.461. The van der Waals surface area contributed by atoms with Crippen LogP contribution in [0.2, 0.25) is 0 Å². The van der Waals surface area contributed by atoms with Crippen molar-refractivity contribution >= 4 is 19.0 Å². The van der Waals surface area contributed by atoms with Gasteiger partial charge in [0.2, 0.25) is 6.41 Å². The van der Waals surface area contributed by atoms with E-state index in [9.17, 15) is 4.39 Å². The van der Waals surface area contributed by atoms with E-state index in [4.69, 9.17) is 14.8 Å². The van der Waals surface area contributed by atoms with E-state index in [-0.39, 0.29) is 11.9 Å². The standard InChI is InChI=1S/C12H10BFO2.CH3NO/c14-12-8-10(13(15)16)6-7-11(12)9-4-2-1-3-5-9;2-1-3/h1-8,15-16H;1H,(H2,2,3). The van der Waals surface area contributed by atoms with Gasteiger partial charge in [0.25, 0.3) is 0 Å². The fourth-order valence-corrected chi connectivity index (χ4v) is 1.54. The summed E-state index contributed by atoms with van der Waals surface area (Å²) in [6, 6.07) is 13.3. The molecule has 1 amide bonds. The molecule has 2 rings (SSSR count). The van der Waals surface area contributed by atoms with Crippen molar-refractivity contribution in [3.8, 4) is 11.1 Å². The summed E-state index contributed by atoms with van der Waals surface area (Å²) in [6.45, 7) is 0. The Bertz CT molecular complexity index is 535. The van der Waals surface area contributed by atoms with Gasteiger partial charge < -0.3 is 15.8 Å². The molecule has 6 heteroatoms. The van der Waals surface area contributed by atoms with Crippen LogP contribution in [0.3, 0.4) is 0 Å². The van der Waals surface area contributed by atoms with Crippen molar-refractivity contribution in [2.24, 2.45) is 5.73 Å². The van der Waals surface area contributed by atoms with Crippen LogP contribution in [-0.4, -0.2) is 23.6 Å². The molecule has 0 saturated carbocycles. The lowest BCUT2D eigenvalue weighted by Gasteiger charge is -2.05. The molecule has 0 aliphatic heterocycles.